The molecule has 1 amide bonds. The average molecular weight is 351 g/mol. The quantitative estimate of drug-likeness (QED) is 0.720. The van der Waals surface area contributed by atoms with Crippen LogP contribution in [-0.4, -0.2) is 50.5 Å². The van der Waals surface area contributed by atoms with E-state index in [0.717, 1.165) is 22.3 Å². The van der Waals surface area contributed by atoms with Crippen molar-refractivity contribution in [3.05, 3.63) is 53.9 Å². The number of hydrogen-bond acceptors (Lipinski definition) is 5. The van der Waals surface area contributed by atoms with E-state index in [9.17, 15) is 4.79 Å². The molecule has 0 aliphatic carbocycles. The predicted molar refractivity (Wildman–Crippen MR) is 96.4 cm³/mol. The molecule has 0 unspecified atom stereocenters. The van der Waals surface area contributed by atoms with Crippen LogP contribution in [0.15, 0.2) is 42.6 Å². The summed E-state index contributed by atoms with van der Waals surface area (Å²) in [7, 11) is 0. The molecule has 7 nitrogen and oxygen atoms in total. The number of nitrogens with zero attached hydrogens (tertiary/aromatic N) is 5. The van der Waals surface area contributed by atoms with Gasteiger partial charge in [0.1, 0.15) is 11.6 Å². The third-order valence-corrected chi connectivity index (χ3v) is 4.67. The van der Waals surface area contributed by atoms with Gasteiger partial charge in [-0.25, -0.2) is 4.68 Å². The fraction of sp³-hybridized carbons (Fsp3) is 0.368. The fourth-order valence-corrected chi connectivity index (χ4v) is 3.29. The van der Waals surface area contributed by atoms with Crippen LogP contribution in [-0.2, 0) is 16.1 Å². The summed E-state index contributed by atoms with van der Waals surface area (Å²) in [5.41, 5.74) is 3.82. The van der Waals surface area contributed by atoms with Crippen LogP contribution < -0.4 is 0 Å². The number of carbonyl (C=O) groups is 1. The van der Waals surface area contributed by atoms with Crippen LogP contribution in [0.1, 0.15) is 23.8 Å². The first-order valence-electron chi connectivity index (χ1n) is 8.81. The zero-order valence-corrected chi connectivity index (χ0v) is 14.7. The Morgan fingerprint density at radius 1 is 1.31 bits per heavy atom. The van der Waals surface area contributed by atoms with E-state index in [2.05, 4.69) is 15.3 Å². The molecule has 1 fully saturated rings. The maximum Gasteiger partial charge on any atom is 0.224 e. The molecular weight excluding hydrogens is 330 g/mol. The molecule has 2 aromatic heterocycles. The molecule has 0 saturated carbocycles. The normalized spacial score (nSPS) is 17.6. The van der Waals surface area contributed by atoms with Gasteiger partial charge in [0.2, 0.25) is 5.91 Å². The number of benzene rings is 1. The molecule has 7 heteroatoms. The fourth-order valence-electron chi connectivity index (χ4n) is 3.29. The highest BCUT2D eigenvalue weighted by molar-refractivity contribution is 5.77. The molecule has 0 bridgehead atoms. The van der Waals surface area contributed by atoms with Crippen LogP contribution in [0.4, 0.5) is 0 Å². The van der Waals surface area contributed by atoms with Crippen LogP contribution in [0.5, 0.6) is 0 Å². The number of hydrogen-bond donors (Lipinski definition) is 0. The molecule has 0 spiro atoms. The van der Waals surface area contributed by atoms with Crippen LogP contribution in [0.3, 0.4) is 0 Å². The molecule has 1 saturated heterocycles. The highest BCUT2D eigenvalue weighted by atomic mass is 16.5. The lowest BCUT2D eigenvalue weighted by Gasteiger charge is -2.33. The van der Waals surface area contributed by atoms with Crippen molar-refractivity contribution in [2.45, 2.75) is 26.0 Å². The van der Waals surface area contributed by atoms with Gasteiger partial charge >= 0.3 is 0 Å². The second kappa shape index (κ2) is 7.21. The van der Waals surface area contributed by atoms with E-state index in [0.29, 0.717) is 32.7 Å². The number of ether oxygens (including phenoxy) is 1. The Hall–Kier alpha value is -2.80. The molecule has 26 heavy (non-hydrogen) atoms. The van der Waals surface area contributed by atoms with E-state index < -0.39 is 0 Å². The van der Waals surface area contributed by atoms with Gasteiger partial charge in [-0.15, -0.1) is 5.10 Å². The Kier molecular flexibility index (Phi) is 4.62. The first-order chi connectivity index (χ1) is 12.7. The maximum atomic E-state index is 12.7. The SMILES string of the molecule is Cc1cc([C@H]2CN(C(=O)CCn3nnc4ccccc43)CCO2)ccn1. The Morgan fingerprint density at radius 2 is 2.19 bits per heavy atom. The Labute approximate surface area is 151 Å². The molecule has 3 heterocycles. The highest BCUT2D eigenvalue weighted by Crippen LogP contribution is 2.23. The largest absolute Gasteiger partial charge is 0.370 e. The number of fused-ring (bicyclic) bond motifs is 1. The van der Waals surface area contributed by atoms with Crippen molar-refractivity contribution in [1.82, 2.24) is 24.9 Å². The van der Waals surface area contributed by atoms with Gasteiger partial charge in [0, 0.05) is 24.9 Å². The molecule has 134 valence electrons. The van der Waals surface area contributed by atoms with Gasteiger partial charge in [-0.2, -0.15) is 0 Å². The van der Waals surface area contributed by atoms with Crippen molar-refractivity contribution < 1.29 is 9.53 Å². The number of aryl methyl sites for hydroxylation is 2. The molecule has 3 aromatic rings. The van der Waals surface area contributed by atoms with Crippen molar-refractivity contribution in [3.8, 4) is 0 Å². The van der Waals surface area contributed by atoms with E-state index in [4.69, 9.17) is 4.74 Å². The topological polar surface area (TPSA) is 73.1 Å². The van der Waals surface area contributed by atoms with E-state index in [-0.39, 0.29) is 12.0 Å². The Bertz CT molecular complexity index is 923. The zero-order chi connectivity index (χ0) is 17.9. The summed E-state index contributed by atoms with van der Waals surface area (Å²) in [6, 6.07) is 11.7. The lowest BCUT2D eigenvalue weighted by atomic mass is 10.1. The predicted octanol–water partition coefficient (Wildman–Crippen LogP) is 2.12. The number of carbonyl (C=O) groups excluding carboxylic acids is 1. The van der Waals surface area contributed by atoms with Crippen LogP contribution in [0.25, 0.3) is 11.0 Å². The van der Waals surface area contributed by atoms with Crippen LogP contribution in [0.2, 0.25) is 0 Å². The van der Waals surface area contributed by atoms with Crippen molar-refractivity contribution in [3.63, 3.8) is 0 Å². The number of amides is 1. The molecule has 4 rings (SSSR count). The summed E-state index contributed by atoms with van der Waals surface area (Å²) in [5, 5.41) is 8.28. The Balaban J connectivity index is 1.40. The van der Waals surface area contributed by atoms with E-state index in [1.165, 1.54) is 0 Å². The number of rotatable bonds is 4. The standard InChI is InChI=1S/C19H21N5O2/c1-14-12-15(6-8-20-14)18-13-23(10-11-26-18)19(25)7-9-24-17-5-3-2-4-16(17)21-22-24/h2-6,8,12,18H,7,9-11,13H2,1H3/t18-/m1/s1. The molecular formula is C19H21N5O2. The molecule has 0 radical (unpaired) electrons. The molecule has 1 atom stereocenters. The average Bonchev–Trinajstić information content (AvgIpc) is 3.09. The van der Waals surface area contributed by atoms with Crippen molar-refractivity contribution in [2.75, 3.05) is 19.7 Å². The van der Waals surface area contributed by atoms with Crippen molar-refractivity contribution in [2.24, 2.45) is 0 Å². The smallest absolute Gasteiger partial charge is 0.224 e. The minimum atomic E-state index is -0.0957. The van der Waals surface area contributed by atoms with Gasteiger partial charge in [-0.3, -0.25) is 9.78 Å². The monoisotopic (exact) mass is 351 g/mol. The first kappa shape index (κ1) is 16.7. The van der Waals surface area contributed by atoms with Crippen molar-refractivity contribution in [1.29, 1.82) is 0 Å². The summed E-state index contributed by atoms with van der Waals surface area (Å²) < 4.78 is 7.65. The number of para-hydroxylation sites is 1. The summed E-state index contributed by atoms with van der Waals surface area (Å²) in [4.78, 5) is 18.8. The maximum absolute atomic E-state index is 12.7. The molecule has 1 aromatic carbocycles. The van der Waals surface area contributed by atoms with E-state index in [1.54, 1.807) is 10.9 Å². The molecule has 1 aliphatic heterocycles. The Morgan fingerprint density at radius 3 is 3.08 bits per heavy atom. The van der Waals surface area contributed by atoms with Gasteiger partial charge in [0.25, 0.3) is 0 Å². The molecule has 1 aliphatic rings. The third-order valence-electron chi connectivity index (χ3n) is 4.67. The summed E-state index contributed by atoms with van der Waals surface area (Å²) in [5.74, 6) is 0.114. The van der Waals surface area contributed by atoms with E-state index >= 15 is 0 Å². The van der Waals surface area contributed by atoms with E-state index in [1.807, 2.05) is 48.2 Å². The number of aromatic nitrogens is 4. The minimum absolute atomic E-state index is 0.0957. The van der Waals surface area contributed by atoms with Gasteiger partial charge in [0.05, 0.1) is 25.2 Å². The minimum Gasteiger partial charge on any atom is -0.370 e. The summed E-state index contributed by atoms with van der Waals surface area (Å²) in [6.07, 6.45) is 2.08. The van der Waals surface area contributed by atoms with Crippen LogP contribution in [0, 0.1) is 6.92 Å². The van der Waals surface area contributed by atoms with Gasteiger partial charge < -0.3 is 9.64 Å². The number of morpholine rings is 1. The second-order valence-electron chi connectivity index (χ2n) is 6.48. The zero-order valence-electron chi connectivity index (χ0n) is 14.7. The summed E-state index contributed by atoms with van der Waals surface area (Å²) >= 11 is 0. The lowest BCUT2D eigenvalue weighted by molar-refractivity contribution is -0.139. The van der Waals surface area contributed by atoms with Gasteiger partial charge in [0.15, 0.2) is 0 Å². The summed E-state index contributed by atoms with van der Waals surface area (Å²) in [6.45, 7) is 4.22. The van der Waals surface area contributed by atoms with Gasteiger partial charge in [-0.1, -0.05) is 17.3 Å². The lowest BCUT2D eigenvalue weighted by Crippen LogP contribution is -2.42. The molecule has 0 N–H and O–H groups in total. The van der Waals surface area contributed by atoms with Crippen molar-refractivity contribution >= 4 is 16.9 Å². The number of pyridine rings is 1. The first-order valence-corrected chi connectivity index (χ1v) is 8.81. The van der Waals surface area contributed by atoms with Crippen LogP contribution >= 0.6 is 0 Å². The second-order valence-corrected chi connectivity index (χ2v) is 6.48. The highest BCUT2D eigenvalue weighted by Gasteiger charge is 2.25. The third kappa shape index (κ3) is 3.43. The van der Waals surface area contributed by atoms with Gasteiger partial charge in [-0.05, 0) is 36.8 Å².